The Kier molecular flexibility index (Phi) is 7.06. The maximum Gasteiger partial charge on any atom is 0.417 e. The molecule has 1 aromatic carbocycles. The van der Waals surface area contributed by atoms with E-state index in [1.54, 1.807) is 6.92 Å². The summed E-state index contributed by atoms with van der Waals surface area (Å²) in [5.41, 5.74) is -1.06. The zero-order valence-corrected chi connectivity index (χ0v) is 14.7. The molecule has 136 valence electrons. The van der Waals surface area contributed by atoms with Crippen molar-refractivity contribution < 1.29 is 26.4 Å². The fraction of sp³-hybridized carbons (Fsp3) is 0.500. The average molecular weight is 387 g/mol. The SMILES string of the molecule is CCCS(=O)(=O)NCCN(C(C)=O)c1ccc(Cl)c(C(F)(F)F)c1. The normalized spacial score (nSPS) is 12.2. The van der Waals surface area contributed by atoms with Crippen molar-refractivity contribution in [2.45, 2.75) is 26.4 Å². The molecule has 0 saturated heterocycles. The molecule has 0 aliphatic carbocycles. The van der Waals surface area contributed by atoms with Crippen molar-refractivity contribution in [2.75, 3.05) is 23.7 Å². The largest absolute Gasteiger partial charge is 0.417 e. The minimum atomic E-state index is -4.65. The summed E-state index contributed by atoms with van der Waals surface area (Å²) in [5.74, 6) is -0.577. The van der Waals surface area contributed by atoms with Gasteiger partial charge in [0.05, 0.1) is 16.3 Å². The van der Waals surface area contributed by atoms with Crippen molar-refractivity contribution in [1.29, 1.82) is 0 Å². The van der Waals surface area contributed by atoms with Gasteiger partial charge in [0.1, 0.15) is 0 Å². The van der Waals surface area contributed by atoms with Gasteiger partial charge in [0.2, 0.25) is 15.9 Å². The number of nitrogens with one attached hydrogen (secondary N) is 1. The third kappa shape index (κ3) is 5.95. The van der Waals surface area contributed by atoms with Crippen LogP contribution in [0.3, 0.4) is 0 Å². The fourth-order valence-corrected chi connectivity index (χ4v) is 3.33. The Bertz CT molecular complexity index is 693. The van der Waals surface area contributed by atoms with E-state index in [9.17, 15) is 26.4 Å². The second-order valence-corrected chi connectivity index (χ2v) is 7.38. The van der Waals surface area contributed by atoms with E-state index < -0.39 is 32.7 Å². The molecule has 10 heteroatoms. The summed E-state index contributed by atoms with van der Waals surface area (Å²) in [4.78, 5) is 12.8. The molecule has 1 aromatic rings. The zero-order chi connectivity index (χ0) is 18.5. The number of anilines is 1. The minimum Gasteiger partial charge on any atom is -0.311 e. The van der Waals surface area contributed by atoms with Gasteiger partial charge in [-0.25, -0.2) is 13.1 Å². The van der Waals surface area contributed by atoms with Crippen LogP contribution < -0.4 is 9.62 Å². The van der Waals surface area contributed by atoms with Crippen LogP contribution in [0.15, 0.2) is 18.2 Å². The van der Waals surface area contributed by atoms with E-state index in [0.717, 1.165) is 17.0 Å². The lowest BCUT2D eigenvalue weighted by Gasteiger charge is -2.23. The second kappa shape index (κ2) is 8.17. The summed E-state index contributed by atoms with van der Waals surface area (Å²) < 4.78 is 64.2. The summed E-state index contributed by atoms with van der Waals surface area (Å²) in [6, 6.07) is 3.10. The summed E-state index contributed by atoms with van der Waals surface area (Å²) in [5, 5.41) is -0.474. The fourth-order valence-electron chi connectivity index (χ4n) is 2.02. The monoisotopic (exact) mass is 386 g/mol. The Hall–Kier alpha value is -1.32. The summed E-state index contributed by atoms with van der Waals surface area (Å²) >= 11 is 5.55. The summed E-state index contributed by atoms with van der Waals surface area (Å²) in [6.45, 7) is 2.68. The Balaban J connectivity index is 2.96. The third-order valence-electron chi connectivity index (χ3n) is 3.08. The van der Waals surface area contributed by atoms with E-state index in [4.69, 9.17) is 11.6 Å². The molecule has 0 aromatic heterocycles. The average Bonchev–Trinajstić information content (AvgIpc) is 2.43. The lowest BCUT2D eigenvalue weighted by molar-refractivity contribution is -0.137. The molecule has 1 N–H and O–H groups in total. The van der Waals surface area contributed by atoms with Crippen molar-refractivity contribution in [3.8, 4) is 0 Å². The van der Waals surface area contributed by atoms with Gasteiger partial charge in [0.25, 0.3) is 0 Å². The van der Waals surface area contributed by atoms with E-state index in [0.29, 0.717) is 6.42 Å². The number of benzene rings is 1. The number of sulfonamides is 1. The lowest BCUT2D eigenvalue weighted by Crippen LogP contribution is -2.38. The third-order valence-corrected chi connectivity index (χ3v) is 5.00. The van der Waals surface area contributed by atoms with E-state index in [2.05, 4.69) is 4.72 Å². The smallest absolute Gasteiger partial charge is 0.311 e. The highest BCUT2D eigenvalue weighted by Crippen LogP contribution is 2.36. The molecule has 5 nitrogen and oxygen atoms in total. The van der Waals surface area contributed by atoms with E-state index in [1.807, 2.05) is 0 Å². The first-order chi connectivity index (χ1) is 11.0. The molecule has 0 fully saturated rings. The summed E-state index contributed by atoms with van der Waals surface area (Å²) in [7, 11) is -3.46. The molecule has 0 atom stereocenters. The van der Waals surface area contributed by atoms with Gasteiger partial charge in [-0.2, -0.15) is 13.2 Å². The van der Waals surface area contributed by atoms with E-state index in [-0.39, 0.29) is 24.5 Å². The van der Waals surface area contributed by atoms with Crippen molar-refractivity contribution in [3.05, 3.63) is 28.8 Å². The highest BCUT2D eigenvalue weighted by atomic mass is 35.5. The second-order valence-electron chi connectivity index (χ2n) is 5.05. The first-order valence-corrected chi connectivity index (χ1v) is 9.13. The quantitative estimate of drug-likeness (QED) is 0.783. The van der Waals surface area contributed by atoms with Gasteiger partial charge in [0, 0.05) is 25.7 Å². The Morgan fingerprint density at radius 3 is 2.46 bits per heavy atom. The van der Waals surface area contributed by atoms with Gasteiger partial charge >= 0.3 is 6.18 Å². The number of halogens is 4. The van der Waals surface area contributed by atoms with Gasteiger partial charge < -0.3 is 4.90 Å². The molecule has 0 unspecified atom stereocenters. The van der Waals surface area contributed by atoms with Crippen molar-refractivity contribution in [1.82, 2.24) is 4.72 Å². The molecule has 0 saturated carbocycles. The van der Waals surface area contributed by atoms with Crippen LogP contribution in [0.2, 0.25) is 5.02 Å². The molecule has 0 aliphatic rings. The van der Waals surface area contributed by atoms with Gasteiger partial charge in [0.15, 0.2) is 0 Å². The predicted molar refractivity (Wildman–Crippen MR) is 86.6 cm³/mol. The van der Waals surface area contributed by atoms with Crippen LogP contribution >= 0.6 is 11.6 Å². The predicted octanol–water partition coefficient (Wildman–Crippen LogP) is 3.04. The first kappa shape index (κ1) is 20.7. The van der Waals surface area contributed by atoms with Gasteiger partial charge in [-0.1, -0.05) is 18.5 Å². The zero-order valence-electron chi connectivity index (χ0n) is 13.2. The molecule has 0 spiro atoms. The molecule has 1 amide bonds. The Labute approximate surface area is 143 Å². The number of carbonyl (C=O) groups is 1. The number of carbonyl (C=O) groups excluding carboxylic acids is 1. The molecule has 0 heterocycles. The van der Waals surface area contributed by atoms with Crippen LogP contribution in [0.1, 0.15) is 25.8 Å². The molecule has 0 aliphatic heterocycles. The number of alkyl halides is 3. The molecule has 1 rings (SSSR count). The van der Waals surface area contributed by atoms with Gasteiger partial charge in [-0.05, 0) is 24.6 Å². The lowest BCUT2D eigenvalue weighted by atomic mass is 10.1. The molecular weight excluding hydrogens is 369 g/mol. The minimum absolute atomic E-state index is 0.00563. The van der Waals surface area contributed by atoms with Crippen LogP contribution in [0.25, 0.3) is 0 Å². The molecular formula is C14H18ClF3N2O3S. The van der Waals surface area contributed by atoms with E-state index >= 15 is 0 Å². The number of hydrogen-bond acceptors (Lipinski definition) is 3. The highest BCUT2D eigenvalue weighted by Gasteiger charge is 2.34. The van der Waals surface area contributed by atoms with Gasteiger partial charge in [-0.15, -0.1) is 0 Å². The molecule has 0 bridgehead atoms. The van der Waals surface area contributed by atoms with Gasteiger partial charge in [-0.3, -0.25) is 4.79 Å². The van der Waals surface area contributed by atoms with Crippen LogP contribution in [-0.4, -0.2) is 33.2 Å². The highest BCUT2D eigenvalue weighted by molar-refractivity contribution is 7.89. The number of amides is 1. The maximum atomic E-state index is 12.9. The first-order valence-electron chi connectivity index (χ1n) is 7.10. The standard InChI is InChI=1S/C14H18ClF3N2O3S/c1-3-8-24(22,23)19-6-7-20(10(2)21)11-4-5-13(15)12(9-11)14(16,17)18/h4-5,9,19H,3,6-8H2,1-2H3. The number of hydrogen-bond donors (Lipinski definition) is 1. The Morgan fingerprint density at radius 2 is 1.96 bits per heavy atom. The van der Waals surface area contributed by atoms with Crippen molar-refractivity contribution >= 4 is 33.2 Å². The topological polar surface area (TPSA) is 66.5 Å². The van der Waals surface area contributed by atoms with Crippen LogP contribution in [0.5, 0.6) is 0 Å². The molecule has 24 heavy (non-hydrogen) atoms. The maximum absolute atomic E-state index is 12.9. The Morgan fingerprint density at radius 1 is 1.33 bits per heavy atom. The number of rotatable bonds is 7. The number of nitrogens with zero attached hydrogens (tertiary/aromatic N) is 1. The van der Waals surface area contributed by atoms with Crippen molar-refractivity contribution in [3.63, 3.8) is 0 Å². The van der Waals surface area contributed by atoms with Crippen molar-refractivity contribution in [2.24, 2.45) is 0 Å². The van der Waals surface area contributed by atoms with Crippen LogP contribution in [-0.2, 0) is 21.0 Å². The summed E-state index contributed by atoms with van der Waals surface area (Å²) in [6.07, 6.45) is -4.23. The molecule has 0 radical (unpaired) electrons. The van der Waals surface area contributed by atoms with Crippen LogP contribution in [0, 0.1) is 0 Å². The van der Waals surface area contributed by atoms with Crippen LogP contribution in [0.4, 0.5) is 18.9 Å². The van der Waals surface area contributed by atoms with E-state index in [1.165, 1.54) is 13.0 Å².